The van der Waals surface area contributed by atoms with Crippen LogP contribution in [0.1, 0.15) is 36.3 Å². The molecule has 1 aliphatic rings. The molecule has 0 bridgehead atoms. The zero-order chi connectivity index (χ0) is 49.1. The lowest BCUT2D eigenvalue weighted by Crippen LogP contribution is -2.32. The van der Waals surface area contributed by atoms with E-state index in [4.69, 9.17) is 71.4 Å². The number of fused-ring (bicyclic) bond motifs is 3. The first kappa shape index (κ1) is 59.4. The molecule has 2 aromatic carbocycles. The molecule has 1 aliphatic carbocycles. The van der Waals surface area contributed by atoms with Crippen LogP contribution in [0.4, 0.5) is 4.79 Å². The van der Waals surface area contributed by atoms with E-state index in [1.807, 2.05) is 24.3 Å². The largest absolute Gasteiger partial charge is 0.481 e. The van der Waals surface area contributed by atoms with Gasteiger partial charge in [-0.3, -0.25) is 9.59 Å². The number of amides is 2. The molecule has 0 saturated carbocycles. The highest BCUT2D eigenvalue weighted by Gasteiger charge is 2.29. The normalized spacial score (nSPS) is 12.0. The minimum atomic E-state index is -0.987. The van der Waals surface area contributed by atoms with Gasteiger partial charge < -0.3 is 81.6 Å². The fraction of sp³-hybridized carbons (Fsp3) is 0.694. The Morgan fingerprint density at radius 2 is 0.783 bits per heavy atom. The number of hydrogen-bond acceptors (Lipinski definition) is 17. The molecule has 0 radical (unpaired) electrons. The predicted molar refractivity (Wildman–Crippen MR) is 253 cm³/mol. The standard InChI is InChI=1S/C49H78N2O18/c1-51(49(55)69-41-46-44-9-4-2-7-42(44)43-8-3-5-10-45(43)46)14-16-57-18-20-59-22-24-61-26-28-63-30-32-65-34-36-67-38-40-68-39-37-66-35-33-64-31-29-62-27-25-60-23-21-58-19-17-56-15-6-13-50-47(52)11-12-48(53)54/h2-5,7-10,46H,6,11-41H2,1H3,(H,50,52)(H,53,54). The van der Waals surface area contributed by atoms with Gasteiger partial charge in [0.2, 0.25) is 5.91 Å². The van der Waals surface area contributed by atoms with Gasteiger partial charge in [-0.1, -0.05) is 48.5 Å². The summed E-state index contributed by atoms with van der Waals surface area (Å²) in [6.07, 6.45) is 0.0863. The van der Waals surface area contributed by atoms with Crippen LogP contribution in [0.3, 0.4) is 0 Å². The van der Waals surface area contributed by atoms with Crippen LogP contribution in [0.25, 0.3) is 11.1 Å². The maximum absolute atomic E-state index is 12.6. The summed E-state index contributed by atoms with van der Waals surface area (Å²) in [5, 5.41) is 11.2. The molecule has 0 heterocycles. The molecule has 0 spiro atoms. The Bertz CT molecular complexity index is 1550. The third kappa shape index (κ3) is 30.5. The molecular formula is C49H78N2O18. The topological polar surface area (TPSA) is 216 Å². The van der Waals surface area contributed by atoms with Crippen molar-refractivity contribution in [2.75, 3.05) is 199 Å². The number of ether oxygens (including phenoxy) is 14. The second kappa shape index (κ2) is 41.9. The highest BCUT2D eigenvalue weighted by molar-refractivity contribution is 5.80. The smallest absolute Gasteiger partial charge is 0.409 e. The summed E-state index contributed by atoms with van der Waals surface area (Å²) in [5.41, 5.74) is 4.77. The molecule has 0 aliphatic heterocycles. The summed E-state index contributed by atoms with van der Waals surface area (Å²) < 4.78 is 77.3. The predicted octanol–water partition coefficient (Wildman–Crippen LogP) is 3.45. The van der Waals surface area contributed by atoms with Crippen molar-refractivity contribution in [2.24, 2.45) is 0 Å². The van der Waals surface area contributed by atoms with E-state index in [-0.39, 0.29) is 37.4 Å². The van der Waals surface area contributed by atoms with Crippen molar-refractivity contribution in [3.63, 3.8) is 0 Å². The van der Waals surface area contributed by atoms with Crippen LogP contribution in [-0.2, 0) is 75.9 Å². The molecule has 0 aromatic heterocycles. The summed E-state index contributed by atoms with van der Waals surface area (Å²) in [5.74, 6) is -1.23. The summed E-state index contributed by atoms with van der Waals surface area (Å²) in [4.78, 5) is 36.0. The maximum Gasteiger partial charge on any atom is 0.409 e. The fourth-order valence-electron chi connectivity index (χ4n) is 6.45. The molecule has 2 N–H and O–H groups in total. The van der Waals surface area contributed by atoms with E-state index >= 15 is 0 Å². The fourth-order valence-corrected chi connectivity index (χ4v) is 6.45. The van der Waals surface area contributed by atoms with E-state index in [0.717, 1.165) is 0 Å². The summed E-state index contributed by atoms with van der Waals surface area (Å²) >= 11 is 0. The van der Waals surface area contributed by atoms with Gasteiger partial charge in [-0.25, -0.2) is 4.79 Å². The number of nitrogens with one attached hydrogen (secondary N) is 1. The first-order valence-electron chi connectivity index (χ1n) is 24.0. The zero-order valence-corrected chi connectivity index (χ0v) is 40.7. The number of carbonyl (C=O) groups is 3. The van der Waals surface area contributed by atoms with Gasteiger partial charge in [0.15, 0.2) is 0 Å². The number of likely N-dealkylation sites (N-methyl/N-ethyl adjacent to an activating group) is 1. The van der Waals surface area contributed by atoms with Crippen molar-refractivity contribution < 1.29 is 85.8 Å². The molecular weight excluding hydrogens is 905 g/mol. The average molecular weight is 983 g/mol. The van der Waals surface area contributed by atoms with E-state index in [0.29, 0.717) is 191 Å². The lowest BCUT2D eigenvalue weighted by molar-refractivity contribution is -0.138. The number of carboxylic acids is 1. The van der Waals surface area contributed by atoms with Crippen molar-refractivity contribution in [3.8, 4) is 11.1 Å². The Balaban J connectivity index is 0.911. The number of hydrogen-bond donors (Lipinski definition) is 2. The van der Waals surface area contributed by atoms with Crippen molar-refractivity contribution in [3.05, 3.63) is 59.7 Å². The van der Waals surface area contributed by atoms with Crippen molar-refractivity contribution >= 4 is 18.0 Å². The third-order valence-electron chi connectivity index (χ3n) is 10.0. The van der Waals surface area contributed by atoms with Crippen LogP contribution in [0.2, 0.25) is 0 Å². The van der Waals surface area contributed by atoms with Crippen LogP contribution < -0.4 is 5.32 Å². The molecule has 3 rings (SSSR count). The van der Waals surface area contributed by atoms with Crippen LogP contribution in [0, 0.1) is 0 Å². The van der Waals surface area contributed by atoms with Crippen molar-refractivity contribution in [1.82, 2.24) is 10.2 Å². The third-order valence-corrected chi connectivity index (χ3v) is 10.0. The molecule has 0 unspecified atom stereocenters. The van der Waals surface area contributed by atoms with Gasteiger partial charge in [0, 0.05) is 39.1 Å². The second-order valence-electron chi connectivity index (χ2n) is 15.3. The van der Waals surface area contributed by atoms with E-state index in [1.165, 1.54) is 27.2 Å². The average Bonchev–Trinajstić information content (AvgIpc) is 3.68. The molecule has 20 nitrogen and oxygen atoms in total. The zero-order valence-electron chi connectivity index (χ0n) is 40.7. The van der Waals surface area contributed by atoms with Gasteiger partial charge in [-0.2, -0.15) is 0 Å². The second-order valence-corrected chi connectivity index (χ2v) is 15.3. The highest BCUT2D eigenvalue weighted by Crippen LogP contribution is 2.44. The van der Waals surface area contributed by atoms with E-state index in [9.17, 15) is 14.4 Å². The molecule has 2 aromatic rings. The number of aliphatic carboxylic acids is 1. The van der Waals surface area contributed by atoms with E-state index in [1.54, 1.807) is 7.05 Å². The van der Waals surface area contributed by atoms with Gasteiger partial charge >= 0.3 is 12.1 Å². The molecule has 0 fully saturated rings. The first-order valence-corrected chi connectivity index (χ1v) is 24.0. The lowest BCUT2D eigenvalue weighted by Gasteiger charge is -2.19. The summed E-state index contributed by atoms with van der Waals surface area (Å²) in [6, 6.07) is 16.6. The van der Waals surface area contributed by atoms with Gasteiger partial charge in [0.25, 0.3) is 0 Å². The highest BCUT2D eigenvalue weighted by atomic mass is 16.6. The Hall–Kier alpha value is -3.87. The van der Waals surface area contributed by atoms with Crippen LogP contribution in [0.15, 0.2) is 48.5 Å². The number of benzene rings is 2. The van der Waals surface area contributed by atoms with E-state index < -0.39 is 5.97 Å². The van der Waals surface area contributed by atoms with Crippen molar-refractivity contribution in [1.29, 1.82) is 0 Å². The molecule has 69 heavy (non-hydrogen) atoms. The molecule has 2 amide bonds. The van der Waals surface area contributed by atoms with Gasteiger partial charge in [0.05, 0.1) is 172 Å². The minimum Gasteiger partial charge on any atom is -0.481 e. The summed E-state index contributed by atoms with van der Waals surface area (Å²) in [7, 11) is 1.71. The molecule has 392 valence electrons. The number of carbonyl (C=O) groups excluding carboxylic acids is 2. The lowest BCUT2D eigenvalue weighted by atomic mass is 9.98. The number of carboxylic acid groups (broad SMARTS) is 1. The summed E-state index contributed by atoms with van der Waals surface area (Å²) in [6.45, 7) is 13.1. The maximum atomic E-state index is 12.6. The Morgan fingerprint density at radius 3 is 1.13 bits per heavy atom. The van der Waals surface area contributed by atoms with Gasteiger partial charge in [0.1, 0.15) is 6.61 Å². The molecule has 20 heteroatoms. The van der Waals surface area contributed by atoms with Gasteiger partial charge in [-0.15, -0.1) is 0 Å². The molecule has 0 saturated heterocycles. The molecule has 0 atom stereocenters. The monoisotopic (exact) mass is 983 g/mol. The van der Waals surface area contributed by atoms with Crippen LogP contribution in [0.5, 0.6) is 0 Å². The Labute approximate surface area is 407 Å². The van der Waals surface area contributed by atoms with Crippen LogP contribution >= 0.6 is 0 Å². The quantitative estimate of drug-likeness (QED) is 0.0909. The Kier molecular flexibility index (Phi) is 36.1. The van der Waals surface area contributed by atoms with Crippen LogP contribution in [-0.4, -0.2) is 226 Å². The number of rotatable bonds is 48. The minimum absolute atomic E-state index is 0.0163. The SMILES string of the molecule is CN(CCOCCOCCOCCOCCOCCOCCOCCOCCOCCOCCOCCOCCOCCCNC(=O)CCC(=O)O)C(=O)OCC1c2ccccc2-c2ccccc21. The van der Waals surface area contributed by atoms with Gasteiger partial charge in [-0.05, 0) is 28.7 Å². The van der Waals surface area contributed by atoms with E-state index in [2.05, 4.69) is 29.6 Å². The Morgan fingerprint density at radius 1 is 0.464 bits per heavy atom. The number of nitrogens with zero attached hydrogens (tertiary/aromatic N) is 1. The first-order chi connectivity index (χ1) is 34.0. The van der Waals surface area contributed by atoms with Crippen molar-refractivity contribution in [2.45, 2.75) is 25.2 Å².